The first-order valence-electron chi connectivity index (χ1n) is 7.19. The van der Waals surface area contributed by atoms with Crippen LogP contribution >= 0.6 is 0 Å². The van der Waals surface area contributed by atoms with E-state index in [0.29, 0.717) is 12.6 Å². The highest BCUT2D eigenvalue weighted by molar-refractivity contribution is 5.71. The van der Waals surface area contributed by atoms with E-state index in [1.54, 1.807) is 0 Å². The summed E-state index contributed by atoms with van der Waals surface area (Å²) >= 11 is 0. The fraction of sp³-hybridized carbons (Fsp3) is 0.800. The molecular weight excluding hydrogens is 226 g/mol. The molecule has 0 radical (unpaired) electrons. The average molecular weight is 253 g/mol. The number of hydrogen-bond donors (Lipinski definition) is 0. The minimum Gasteiger partial charge on any atom is -0.468 e. The smallest absolute Gasteiger partial charge is 0.319 e. The van der Waals surface area contributed by atoms with Crippen molar-refractivity contribution < 1.29 is 9.53 Å². The van der Waals surface area contributed by atoms with Crippen LogP contribution in [0.5, 0.6) is 0 Å². The van der Waals surface area contributed by atoms with E-state index in [4.69, 9.17) is 4.74 Å². The second-order valence-corrected chi connectivity index (χ2v) is 5.12. The Kier molecular flexibility index (Phi) is 7.74. The average Bonchev–Trinajstić information content (AvgIpc) is 2.90. The Morgan fingerprint density at radius 2 is 2.06 bits per heavy atom. The molecule has 0 aromatic rings. The minimum absolute atomic E-state index is 0.104. The Morgan fingerprint density at radius 1 is 1.33 bits per heavy atom. The van der Waals surface area contributed by atoms with Gasteiger partial charge in [0.15, 0.2) is 0 Å². The van der Waals surface area contributed by atoms with E-state index in [2.05, 4.69) is 11.5 Å². The van der Waals surface area contributed by atoms with Gasteiger partial charge in [0, 0.05) is 6.04 Å². The molecule has 0 unspecified atom stereocenters. The molecule has 0 atom stereocenters. The second kappa shape index (κ2) is 9.15. The Bertz CT molecular complexity index is 247. The van der Waals surface area contributed by atoms with Gasteiger partial charge in [-0.05, 0) is 38.6 Å². The number of carbonyl (C=O) groups is 1. The second-order valence-electron chi connectivity index (χ2n) is 5.12. The molecule has 0 bridgehead atoms. The summed E-state index contributed by atoms with van der Waals surface area (Å²) in [6, 6.07) is 0.600. The van der Waals surface area contributed by atoms with Gasteiger partial charge in [-0.1, -0.05) is 25.3 Å². The van der Waals surface area contributed by atoms with Crippen LogP contribution in [0.15, 0.2) is 12.7 Å². The van der Waals surface area contributed by atoms with Crippen LogP contribution in [0, 0.1) is 0 Å². The van der Waals surface area contributed by atoms with Gasteiger partial charge < -0.3 is 4.74 Å². The molecule has 0 spiro atoms. The molecule has 1 aliphatic carbocycles. The molecule has 3 heteroatoms. The van der Waals surface area contributed by atoms with Gasteiger partial charge in [0.25, 0.3) is 0 Å². The van der Waals surface area contributed by atoms with Crippen LogP contribution < -0.4 is 0 Å². The third kappa shape index (κ3) is 5.67. The molecule has 1 fully saturated rings. The summed E-state index contributed by atoms with van der Waals surface area (Å²) in [5.41, 5.74) is 0. The van der Waals surface area contributed by atoms with Crippen molar-refractivity contribution in [1.82, 2.24) is 4.90 Å². The number of hydrogen-bond acceptors (Lipinski definition) is 3. The summed E-state index contributed by atoms with van der Waals surface area (Å²) in [5.74, 6) is -0.104. The Balaban J connectivity index is 2.29. The first-order chi connectivity index (χ1) is 8.77. The molecule has 1 aliphatic rings. The number of allylic oxidation sites excluding steroid dienone is 1. The molecule has 3 nitrogen and oxygen atoms in total. The maximum Gasteiger partial charge on any atom is 0.319 e. The maximum absolute atomic E-state index is 11.4. The van der Waals surface area contributed by atoms with Crippen molar-refractivity contribution in [3.63, 3.8) is 0 Å². The van der Waals surface area contributed by atoms with Gasteiger partial charge in [-0.15, -0.1) is 6.58 Å². The van der Waals surface area contributed by atoms with Crippen molar-refractivity contribution >= 4 is 5.97 Å². The van der Waals surface area contributed by atoms with E-state index in [9.17, 15) is 4.79 Å². The van der Waals surface area contributed by atoms with E-state index in [1.165, 1.54) is 52.1 Å². The number of rotatable bonds is 9. The van der Waals surface area contributed by atoms with Crippen LogP contribution in [0.25, 0.3) is 0 Å². The van der Waals surface area contributed by atoms with E-state index < -0.39 is 0 Å². The summed E-state index contributed by atoms with van der Waals surface area (Å²) in [6.07, 6.45) is 11.8. The number of ether oxygens (including phenoxy) is 1. The molecule has 104 valence electrons. The number of esters is 1. The first-order valence-corrected chi connectivity index (χ1v) is 7.19. The van der Waals surface area contributed by atoms with Gasteiger partial charge in [0.2, 0.25) is 0 Å². The first kappa shape index (κ1) is 15.2. The molecule has 0 N–H and O–H groups in total. The monoisotopic (exact) mass is 253 g/mol. The van der Waals surface area contributed by atoms with Crippen LogP contribution in [0.1, 0.15) is 51.4 Å². The van der Waals surface area contributed by atoms with Gasteiger partial charge in [-0.2, -0.15) is 0 Å². The highest BCUT2D eigenvalue weighted by Crippen LogP contribution is 2.23. The van der Waals surface area contributed by atoms with Gasteiger partial charge >= 0.3 is 5.97 Å². The lowest BCUT2D eigenvalue weighted by Crippen LogP contribution is -2.38. The lowest BCUT2D eigenvalue weighted by Gasteiger charge is -2.27. The zero-order valence-corrected chi connectivity index (χ0v) is 11.7. The van der Waals surface area contributed by atoms with E-state index in [1.807, 2.05) is 6.08 Å². The Morgan fingerprint density at radius 3 is 2.67 bits per heavy atom. The third-order valence-corrected chi connectivity index (χ3v) is 3.75. The number of nitrogens with zero attached hydrogens (tertiary/aromatic N) is 1. The molecule has 18 heavy (non-hydrogen) atoms. The van der Waals surface area contributed by atoms with Crippen molar-refractivity contribution in [2.75, 3.05) is 20.2 Å². The molecule has 0 aliphatic heterocycles. The Hall–Kier alpha value is -0.830. The quantitative estimate of drug-likeness (QED) is 0.359. The van der Waals surface area contributed by atoms with Crippen LogP contribution in [0.4, 0.5) is 0 Å². The van der Waals surface area contributed by atoms with Gasteiger partial charge in [-0.25, -0.2) is 0 Å². The SMILES string of the molecule is C=CCCCCCN(CC(=O)OC)C1CCCC1. The lowest BCUT2D eigenvalue weighted by atomic mass is 10.1. The fourth-order valence-corrected chi connectivity index (χ4v) is 2.67. The molecule has 0 amide bonds. The Labute approximate surface area is 111 Å². The van der Waals surface area contributed by atoms with Crippen molar-refractivity contribution in [1.29, 1.82) is 0 Å². The summed E-state index contributed by atoms with van der Waals surface area (Å²) in [7, 11) is 1.47. The molecule has 0 heterocycles. The molecular formula is C15H27NO2. The summed E-state index contributed by atoms with van der Waals surface area (Å²) in [5, 5.41) is 0. The predicted octanol–water partition coefficient (Wildman–Crippen LogP) is 3.15. The van der Waals surface area contributed by atoms with Gasteiger partial charge in [-0.3, -0.25) is 9.69 Å². The van der Waals surface area contributed by atoms with Crippen LogP contribution in [0.3, 0.4) is 0 Å². The van der Waals surface area contributed by atoms with E-state index in [0.717, 1.165) is 13.0 Å². The zero-order valence-electron chi connectivity index (χ0n) is 11.7. The highest BCUT2D eigenvalue weighted by Gasteiger charge is 2.23. The van der Waals surface area contributed by atoms with Crippen LogP contribution in [0.2, 0.25) is 0 Å². The van der Waals surface area contributed by atoms with Crippen LogP contribution in [-0.2, 0) is 9.53 Å². The number of carbonyl (C=O) groups excluding carboxylic acids is 1. The van der Waals surface area contributed by atoms with Crippen molar-refractivity contribution in [2.45, 2.75) is 57.4 Å². The van der Waals surface area contributed by atoms with Gasteiger partial charge in [0.1, 0.15) is 0 Å². The topological polar surface area (TPSA) is 29.5 Å². The van der Waals surface area contributed by atoms with Crippen LogP contribution in [-0.4, -0.2) is 37.1 Å². The summed E-state index contributed by atoms with van der Waals surface area (Å²) < 4.78 is 4.79. The number of methoxy groups -OCH3 is 1. The fourth-order valence-electron chi connectivity index (χ4n) is 2.67. The van der Waals surface area contributed by atoms with Crippen molar-refractivity contribution in [2.24, 2.45) is 0 Å². The number of unbranched alkanes of at least 4 members (excludes halogenated alkanes) is 3. The summed E-state index contributed by atoms with van der Waals surface area (Å²) in [4.78, 5) is 13.8. The lowest BCUT2D eigenvalue weighted by molar-refractivity contribution is -0.142. The molecule has 0 saturated heterocycles. The van der Waals surface area contributed by atoms with Crippen molar-refractivity contribution in [3.05, 3.63) is 12.7 Å². The largest absolute Gasteiger partial charge is 0.468 e. The molecule has 0 aromatic heterocycles. The maximum atomic E-state index is 11.4. The van der Waals surface area contributed by atoms with E-state index in [-0.39, 0.29) is 5.97 Å². The standard InChI is InChI=1S/C15H27NO2/c1-3-4-5-6-9-12-16(13-15(17)18-2)14-10-7-8-11-14/h3,14H,1,4-13H2,2H3. The highest BCUT2D eigenvalue weighted by atomic mass is 16.5. The van der Waals surface area contributed by atoms with Gasteiger partial charge in [0.05, 0.1) is 13.7 Å². The van der Waals surface area contributed by atoms with Crippen molar-refractivity contribution in [3.8, 4) is 0 Å². The normalized spacial score (nSPS) is 16.1. The molecule has 0 aromatic carbocycles. The zero-order chi connectivity index (χ0) is 13.2. The summed E-state index contributed by atoms with van der Waals surface area (Å²) in [6.45, 7) is 5.22. The predicted molar refractivity (Wildman–Crippen MR) is 74.5 cm³/mol. The minimum atomic E-state index is -0.104. The third-order valence-electron chi connectivity index (χ3n) is 3.75. The van der Waals surface area contributed by atoms with E-state index >= 15 is 0 Å². The molecule has 1 rings (SSSR count). The molecule has 1 saturated carbocycles.